The number of halogens is 2. The van der Waals surface area contributed by atoms with Gasteiger partial charge in [0.15, 0.2) is 0 Å². The molecule has 2 aliphatic rings. The Kier molecular flexibility index (Phi) is 13.0. The van der Waals surface area contributed by atoms with Crippen molar-refractivity contribution in [3.05, 3.63) is 10.6 Å². The molecule has 2 rings (SSSR count). The molecule has 0 heterocycles. The molecule has 0 spiro atoms. The Morgan fingerprint density at radius 3 is 1.25 bits per heavy atom. The molecule has 2 saturated carbocycles. The average Bonchev–Trinajstić information content (AvgIpc) is 2.45. The van der Waals surface area contributed by atoms with Gasteiger partial charge in [-0.1, -0.05) is 59.8 Å². The third kappa shape index (κ3) is 10.4. The summed E-state index contributed by atoms with van der Waals surface area (Å²) in [5.41, 5.74) is 0. The second-order valence-corrected chi connectivity index (χ2v) is 11.0. The Morgan fingerprint density at radius 1 is 0.667 bits per heavy atom. The van der Waals surface area contributed by atoms with Gasteiger partial charge in [-0.25, -0.2) is 0 Å². The molecule has 0 aromatic rings. The summed E-state index contributed by atoms with van der Waals surface area (Å²) in [4.78, 5) is 0. The maximum atomic E-state index is 4.94. The summed E-state index contributed by atoms with van der Waals surface area (Å²) in [6, 6.07) is 1.27. The molecule has 0 aromatic carbocycles. The predicted molar refractivity (Wildman–Crippen MR) is 105 cm³/mol. The summed E-state index contributed by atoms with van der Waals surface area (Å²) in [6.45, 7) is 11.6. The molecular formula is C19H36Cl2N2Ti-2. The third-order valence-corrected chi connectivity index (χ3v) is 5.40. The molecule has 0 radical (unpaired) electrons. The Morgan fingerprint density at radius 2 is 0.958 bits per heavy atom. The topological polar surface area (TPSA) is 28.2 Å². The molecule has 4 atom stereocenters. The zero-order chi connectivity index (χ0) is 17.9. The van der Waals surface area contributed by atoms with Crippen molar-refractivity contribution >= 4 is 18.6 Å². The van der Waals surface area contributed by atoms with Crippen LogP contribution >= 0.6 is 18.6 Å². The van der Waals surface area contributed by atoms with Crippen LogP contribution in [-0.4, -0.2) is 25.2 Å². The Bertz CT molecular complexity index is 272. The van der Waals surface area contributed by atoms with Crippen molar-refractivity contribution in [1.82, 2.24) is 0 Å². The van der Waals surface area contributed by atoms with Crippen molar-refractivity contribution in [3.63, 3.8) is 0 Å². The van der Waals surface area contributed by atoms with E-state index in [9.17, 15) is 0 Å². The van der Waals surface area contributed by atoms with E-state index in [1.165, 1.54) is 44.9 Å². The van der Waals surface area contributed by atoms with E-state index >= 15 is 0 Å². The first-order valence-electron chi connectivity index (χ1n) is 9.74. The van der Waals surface area contributed by atoms with Crippen molar-refractivity contribution in [2.75, 3.05) is 13.1 Å². The molecule has 0 amide bonds. The van der Waals surface area contributed by atoms with Gasteiger partial charge in [0.2, 0.25) is 0 Å². The minimum atomic E-state index is -0.556. The summed E-state index contributed by atoms with van der Waals surface area (Å²) in [7, 11) is 9.78. The summed E-state index contributed by atoms with van der Waals surface area (Å²) < 4.78 is 0. The Balaban J connectivity index is 0.000000891. The first kappa shape index (κ1) is 23.3. The van der Waals surface area contributed by atoms with Crippen LogP contribution in [0.15, 0.2) is 0 Å². The van der Waals surface area contributed by atoms with E-state index in [2.05, 4.69) is 27.7 Å². The van der Waals surface area contributed by atoms with E-state index in [0.29, 0.717) is 12.1 Å². The third-order valence-electron chi connectivity index (χ3n) is 5.40. The fourth-order valence-corrected chi connectivity index (χ4v) is 4.73. The quantitative estimate of drug-likeness (QED) is 0.328. The molecule has 2 nitrogen and oxygen atoms in total. The number of hydrogen-bond donors (Lipinski definition) is 0. The van der Waals surface area contributed by atoms with Crippen LogP contribution < -0.4 is 0 Å². The van der Waals surface area contributed by atoms with Crippen molar-refractivity contribution in [2.45, 2.75) is 84.7 Å². The fourth-order valence-electron chi connectivity index (χ4n) is 4.73. The van der Waals surface area contributed by atoms with Gasteiger partial charge >= 0.3 is 35.6 Å². The van der Waals surface area contributed by atoms with Crippen molar-refractivity contribution < 1.29 is 17.0 Å². The average molecular weight is 411 g/mol. The fraction of sp³-hybridized carbons (Fsp3) is 1.00. The molecule has 0 N–H and O–H groups in total. The van der Waals surface area contributed by atoms with Crippen molar-refractivity contribution in [2.24, 2.45) is 23.7 Å². The zero-order valence-corrected chi connectivity index (χ0v) is 19.1. The van der Waals surface area contributed by atoms with Crippen LogP contribution in [0.25, 0.3) is 10.6 Å². The van der Waals surface area contributed by atoms with Gasteiger partial charge in [-0.3, -0.25) is 0 Å². The van der Waals surface area contributed by atoms with Crippen LogP contribution in [0.3, 0.4) is 0 Å². The Hall–Kier alpha value is 1.21. The molecular weight excluding hydrogens is 375 g/mol. The number of nitrogens with zero attached hydrogens (tertiary/aromatic N) is 2. The van der Waals surface area contributed by atoms with E-state index < -0.39 is 17.0 Å². The predicted octanol–water partition coefficient (Wildman–Crippen LogP) is 7.15. The van der Waals surface area contributed by atoms with Gasteiger partial charge in [-0.15, -0.1) is 12.1 Å². The minimum absolute atomic E-state index is 0.556. The van der Waals surface area contributed by atoms with Crippen molar-refractivity contribution in [1.29, 1.82) is 0 Å². The van der Waals surface area contributed by atoms with Crippen LogP contribution in [-0.2, 0) is 17.0 Å². The Labute approximate surface area is 167 Å². The monoisotopic (exact) mass is 410 g/mol. The molecule has 4 unspecified atom stereocenters. The van der Waals surface area contributed by atoms with Crippen LogP contribution in [0.4, 0.5) is 0 Å². The summed E-state index contributed by atoms with van der Waals surface area (Å²) in [5.74, 6) is 3.49. The van der Waals surface area contributed by atoms with Gasteiger partial charge in [0.25, 0.3) is 0 Å². The molecule has 5 heteroatoms. The second kappa shape index (κ2) is 13.4. The van der Waals surface area contributed by atoms with Crippen LogP contribution in [0.2, 0.25) is 0 Å². The SMILES string of the molecule is CC1CC(C)CC([N-]CCC[N-]C2CC(C)CC(C)C2)C1.[Cl][Ti][Cl]. The molecule has 2 fully saturated rings. The van der Waals surface area contributed by atoms with E-state index in [4.69, 9.17) is 29.2 Å². The molecule has 142 valence electrons. The van der Waals surface area contributed by atoms with Gasteiger partial charge in [0, 0.05) is 0 Å². The van der Waals surface area contributed by atoms with E-state index in [0.717, 1.165) is 36.8 Å². The first-order chi connectivity index (χ1) is 11.4. The number of hydrogen-bond acceptors (Lipinski definition) is 0. The van der Waals surface area contributed by atoms with Crippen LogP contribution in [0.1, 0.15) is 72.6 Å². The molecule has 2 aliphatic carbocycles. The second-order valence-electron chi connectivity index (χ2n) is 8.38. The summed E-state index contributed by atoms with van der Waals surface area (Å²) in [5, 5.41) is 9.87. The first-order valence-corrected chi connectivity index (χ1v) is 14.0. The van der Waals surface area contributed by atoms with Gasteiger partial charge in [0.05, 0.1) is 0 Å². The van der Waals surface area contributed by atoms with Gasteiger partial charge in [-0.05, 0) is 36.5 Å². The van der Waals surface area contributed by atoms with Crippen LogP contribution in [0, 0.1) is 23.7 Å². The molecule has 0 aromatic heterocycles. The van der Waals surface area contributed by atoms with Crippen LogP contribution in [0.5, 0.6) is 0 Å². The standard InChI is InChI=1S/C19H36N2.2ClH.Ti/c1-14-8-15(2)11-18(10-14)20-6-5-7-21-19-12-16(3)9-17(4)13-19;;;/h14-19H,5-13H2,1-4H3;2*1H;/q-2;;;+2/p-2. The van der Waals surface area contributed by atoms with Crippen molar-refractivity contribution in [3.8, 4) is 0 Å². The van der Waals surface area contributed by atoms with E-state index in [1.54, 1.807) is 0 Å². The molecule has 0 saturated heterocycles. The zero-order valence-electron chi connectivity index (χ0n) is 16.0. The summed E-state index contributed by atoms with van der Waals surface area (Å²) >= 11 is -0.556. The normalized spacial score (nSPS) is 36.6. The van der Waals surface area contributed by atoms with Gasteiger partial charge in [-0.2, -0.15) is 13.1 Å². The molecule has 0 bridgehead atoms. The maximum absolute atomic E-state index is 4.94. The van der Waals surface area contributed by atoms with E-state index in [-0.39, 0.29) is 0 Å². The van der Waals surface area contributed by atoms with Gasteiger partial charge < -0.3 is 10.6 Å². The molecule has 0 aliphatic heterocycles. The summed E-state index contributed by atoms with van der Waals surface area (Å²) in [6.07, 6.45) is 9.24. The van der Waals surface area contributed by atoms with E-state index in [1.807, 2.05) is 0 Å². The number of rotatable bonds is 6. The molecule has 24 heavy (non-hydrogen) atoms. The van der Waals surface area contributed by atoms with Gasteiger partial charge in [0.1, 0.15) is 0 Å².